The number of aromatic nitrogens is 4. The summed E-state index contributed by atoms with van der Waals surface area (Å²) in [5, 5.41) is 15.0. The zero-order chi connectivity index (χ0) is 27.8. The fourth-order valence-electron chi connectivity index (χ4n) is 4.50. The van der Waals surface area contributed by atoms with Gasteiger partial charge in [0, 0.05) is 36.0 Å². The Morgan fingerprint density at radius 3 is 2.44 bits per heavy atom. The molecule has 0 N–H and O–H groups in total. The van der Waals surface area contributed by atoms with Crippen molar-refractivity contribution in [3.8, 4) is 17.2 Å². The lowest BCUT2D eigenvalue weighted by molar-refractivity contribution is 0.602. The molecule has 0 aliphatic heterocycles. The predicted octanol–water partition coefficient (Wildman–Crippen LogP) is 5.82. The number of nitriles is 1. The molecule has 0 amide bonds. The van der Waals surface area contributed by atoms with Crippen LogP contribution in [-0.2, 0) is 22.3 Å². The number of nitrogens with zero attached hydrogens (tertiary/aromatic N) is 5. The van der Waals surface area contributed by atoms with Crippen LogP contribution in [0.5, 0.6) is 0 Å². The number of aryl methyl sites for hydroxylation is 1. The molecule has 0 saturated heterocycles. The summed E-state index contributed by atoms with van der Waals surface area (Å²) in [4.78, 5) is 9.36. The Labute approximate surface area is 228 Å². The number of hydrogen-bond acceptors (Lipinski definition) is 6. The van der Waals surface area contributed by atoms with Gasteiger partial charge in [0.2, 0.25) is 0 Å². The lowest BCUT2D eigenvalue weighted by Gasteiger charge is -2.19. The minimum Gasteiger partial charge on any atom is -0.256 e. The van der Waals surface area contributed by atoms with E-state index in [0.717, 1.165) is 44.3 Å². The summed E-state index contributed by atoms with van der Waals surface area (Å²) in [7, 11) is -1.50. The molecular weight excluding hydrogens is 506 g/mol. The van der Waals surface area contributed by atoms with E-state index < -0.39 is 15.3 Å². The third-order valence-corrected chi connectivity index (χ3v) is 7.89. The zero-order valence-electron chi connectivity index (χ0n) is 22.1. The molecule has 0 radical (unpaired) electrons. The number of hydrogen-bond donors (Lipinski definition) is 0. The van der Waals surface area contributed by atoms with Gasteiger partial charge in [0.25, 0.3) is 0 Å². The highest BCUT2D eigenvalue weighted by Crippen LogP contribution is 2.35. The van der Waals surface area contributed by atoms with Crippen LogP contribution in [0.1, 0.15) is 36.4 Å². The Morgan fingerprint density at radius 1 is 1.00 bits per heavy atom. The summed E-state index contributed by atoms with van der Waals surface area (Å²) in [5.41, 5.74) is 5.57. The highest BCUT2D eigenvalue weighted by molar-refractivity contribution is 7.90. The maximum atomic E-state index is 12.0. The van der Waals surface area contributed by atoms with Crippen molar-refractivity contribution in [2.75, 3.05) is 6.26 Å². The van der Waals surface area contributed by atoms with E-state index in [0.29, 0.717) is 5.82 Å². The van der Waals surface area contributed by atoms with Crippen molar-refractivity contribution in [1.29, 1.82) is 5.26 Å². The molecule has 0 unspecified atom stereocenters. The smallest absolute Gasteiger partial charge is 0.175 e. The highest BCUT2D eigenvalue weighted by atomic mass is 32.2. The van der Waals surface area contributed by atoms with E-state index in [2.05, 4.69) is 33.3 Å². The summed E-state index contributed by atoms with van der Waals surface area (Å²) >= 11 is 0. The molecule has 0 aliphatic rings. The predicted molar refractivity (Wildman–Crippen MR) is 153 cm³/mol. The molecule has 7 nitrogen and oxygen atoms in total. The molecule has 3 aromatic carbocycles. The van der Waals surface area contributed by atoms with Gasteiger partial charge in [-0.05, 0) is 78.6 Å². The molecule has 0 saturated carbocycles. The first-order valence-electron chi connectivity index (χ1n) is 12.3. The van der Waals surface area contributed by atoms with Crippen LogP contribution in [0.25, 0.3) is 33.7 Å². The normalized spacial score (nSPS) is 12.4. The van der Waals surface area contributed by atoms with E-state index in [1.807, 2.05) is 63.4 Å². The van der Waals surface area contributed by atoms with Gasteiger partial charge in [0.05, 0.1) is 21.9 Å². The van der Waals surface area contributed by atoms with E-state index in [-0.39, 0.29) is 4.90 Å². The fourth-order valence-corrected chi connectivity index (χ4v) is 5.13. The first kappa shape index (κ1) is 26.0. The molecule has 5 aromatic rings. The molecule has 0 spiro atoms. The van der Waals surface area contributed by atoms with Crippen molar-refractivity contribution in [2.45, 2.75) is 24.2 Å². The van der Waals surface area contributed by atoms with Gasteiger partial charge in [-0.25, -0.2) is 18.1 Å². The van der Waals surface area contributed by atoms with Crippen molar-refractivity contribution >= 4 is 32.4 Å². The monoisotopic (exact) mass is 533 g/mol. The molecule has 8 heteroatoms. The molecule has 0 atom stereocenters. The summed E-state index contributed by atoms with van der Waals surface area (Å²) in [6.07, 6.45) is 6.47. The molecule has 0 bridgehead atoms. The third kappa shape index (κ3) is 5.22. The van der Waals surface area contributed by atoms with Crippen LogP contribution in [0.15, 0.2) is 90.2 Å². The van der Waals surface area contributed by atoms with Crippen LogP contribution in [0.3, 0.4) is 0 Å². The fraction of sp³-hybridized carbons (Fsp3) is 0.161. The first-order valence-corrected chi connectivity index (χ1v) is 14.2. The van der Waals surface area contributed by atoms with Crippen molar-refractivity contribution < 1.29 is 8.42 Å². The molecule has 194 valence electrons. The van der Waals surface area contributed by atoms with Crippen LogP contribution >= 0.6 is 0 Å². The summed E-state index contributed by atoms with van der Waals surface area (Å²) in [5.74, 6) is 0.650. The Bertz CT molecular complexity index is 1880. The lowest BCUT2D eigenvalue weighted by Crippen LogP contribution is -2.14. The first-order chi connectivity index (χ1) is 18.6. The van der Waals surface area contributed by atoms with E-state index in [1.165, 1.54) is 12.6 Å². The molecule has 5 rings (SSSR count). The molecule has 0 aliphatic carbocycles. The number of sulfone groups is 1. The van der Waals surface area contributed by atoms with Crippen molar-refractivity contribution in [3.63, 3.8) is 0 Å². The van der Waals surface area contributed by atoms with E-state index >= 15 is 0 Å². The SMILES string of the molecule is Cn1ncnc1C(=Cc1cccc(-c2cc(C(C)(C)C#N)cc3cccnc23)c1)c1ccc(S(C)(=O)=O)cc1. The summed E-state index contributed by atoms with van der Waals surface area (Å²) in [6, 6.07) is 25.3. The molecule has 2 heterocycles. The topological polar surface area (TPSA) is 102 Å². The van der Waals surface area contributed by atoms with Gasteiger partial charge in [-0.2, -0.15) is 10.4 Å². The van der Waals surface area contributed by atoms with Crippen molar-refractivity contribution in [2.24, 2.45) is 7.05 Å². The van der Waals surface area contributed by atoms with E-state index in [4.69, 9.17) is 0 Å². The standard InChI is InChI=1S/C31H27N5O2S/c1-31(2,19-32)25-17-24-9-6-14-33-29(24)27(18-25)23-8-5-7-21(15-23)16-28(30-34-20-35-36(30)3)22-10-12-26(13-11-22)39(4,37)38/h5-18,20H,1-4H3. The second-order valence-electron chi connectivity index (χ2n) is 10.0. The van der Waals surface area contributed by atoms with Crippen molar-refractivity contribution in [1.82, 2.24) is 19.7 Å². The third-order valence-electron chi connectivity index (χ3n) is 6.76. The minimum absolute atomic E-state index is 0.255. The van der Waals surface area contributed by atoms with Gasteiger partial charge in [0.15, 0.2) is 15.7 Å². The summed E-state index contributed by atoms with van der Waals surface area (Å²) < 4.78 is 25.7. The molecular formula is C31H27N5O2S. The van der Waals surface area contributed by atoms with Gasteiger partial charge < -0.3 is 0 Å². The maximum absolute atomic E-state index is 12.0. The van der Waals surface area contributed by atoms with Crippen LogP contribution < -0.4 is 0 Å². The van der Waals surface area contributed by atoms with Crippen LogP contribution in [0.4, 0.5) is 0 Å². The number of fused-ring (bicyclic) bond motifs is 1. The van der Waals surface area contributed by atoms with E-state index in [1.54, 1.807) is 35.1 Å². The van der Waals surface area contributed by atoms with Gasteiger partial charge in [-0.3, -0.25) is 4.98 Å². The van der Waals surface area contributed by atoms with Gasteiger partial charge in [-0.1, -0.05) is 36.4 Å². The number of benzene rings is 3. The lowest BCUT2D eigenvalue weighted by atomic mass is 9.83. The average molecular weight is 534 g/mol. The highest BCUT2D eigenvalue weighted by Gasteiger charge is 2.22. The van der Waals surface area contributed by atoms with Crippen LogP contribution in [-0.4, -0.2) is 34.4 Å². The Hall–Kier alpha value is -4.61. The van der Waals surface area contributed by atoms with Crippen LogP contribution in [0, 0.1) is 11.3 Å². The average Bonchev–Trinajstić information content (AvgIpc) is 3.36. The van der Waals surface area contributed by atoms with Crippen molar-refractivity contribution in [3.05, 3.63) is 108 Å². The Morgan fingerprint density at radius 2 is 1.77 bits per heavy atom. The number of pyridine rings is 1. The van der Waals surface area contributed by atoms with E-state index in [9.17, 15) is 13.7 Å². The molecule has 0 fully saturated rings. The summed E-state index contributed by atoms with van der Waals surface area (Å²) in [6.45, 7) is 3.82. The number of rotatable bonds is 6. The Kier molecular flexibility index (Phi) is 6.62. The molecule has 39 heavy (non-hydrogen) atoms. The second kappa shape index (κ2) is 9.93. The minimum atomic E-state index is -3.32. The second-order valence-corrected chi connectivity index (χ2v) is 12.0. The van der Waals surface area contributed by atoms with Gasteiger partial charge in [0.1, 0.15) is 6.33 Å². The van der Waals surface area contributed by atoms with Gasteiger partial charge in [-0.15, -0.1) is 0 Å². The van der Waals surface area contributed by atoms with Gasteiger partial charge >= 0.3 is 0 Å². The zero-order valence-corrected chi connectivity index (χ0v) is 22.9. The van der Waals surface area contributed by atoms with Crippen LogP contribution in [0.2, 0.25) is 0 Å². The largest absolute Gasteiger partial charge is 0.256 e. The molecule has 2 aromatic heterocycles. The Balaban J connectivity index is 1.67. The maximum Gasteiger partial charge on any atom is 0.175 e. The quantitative estimate of drug-likeness (QED) is 0.255.